The molecular formula is C17H22N2O3. The minimum atomic E-state index is -1.10. The number of rotatable bonds is 7. The van der Waals surface area contributed by atoms with E-state index in [1.54, 1.807) is 19.1 Å². The third-order valence-electron chi connectivity index (χ3n) is 3.40. The van der Waals surface area contributed by atoms with Crippen LogP contribution in [0.3, 0.4) is 0 Å². The molecule has 0 aliphatic rings. The molecule has 1 aromatic carbocycles. The summed E-state index contributed by atoms with van der Waals surface area (Å²) in [6.45, 7) is 3.89. The first kappa shape index (κ1) is 16.3. The predicted octanol–water partition coefficient (Wildman–Crippen LogP) is 2.49. The quantitative estimate of drug-likeness (QED) is 0.734. The molecule has 0 aliphatic heterocycles. The molecule has 3 N–H and O–H groups in total. The Morgan fingerprint density at radius 1 is 1.27 bits per heavy atom. The Hall–Kier alpha value is -2.11. The largest absolute Gasteiger partial charge is 0.466 e. The Morgan fingerprint density at radius 3 is 2.64 bits per heavy atom. The van der Waals surface area contributed by atoms with Gasteiger partial charge in [-0.15, -0.1) is 0 Å². The Kier molecular flexibility index (Phi) is 5.35. The van der Waals surface area contributed by atoms with Crippen LogP contribution in [0.1, 0.15) is 26.0 Å². The normalized spacial score (nSPS) is 15.0. The third kappa shape index (κ3) is 4.72. The van der Waals surface area contributed by atoms with Crippen LogP contribution in [-0.2, 0) is 10.4 Å². The molecule has 5 heteroatoms. The van der Waals surface area contributed by atoms with Crippen LogP contribution in [0.5, 0.6) is 0 Å². The Bertz CT molecular complexity index is 579. The van der Waals surface area contributed by atoms with Crippen molar-refractivity contribution < 1.29 is 14.3 Å². The highest BCUT2D eigenvalue weighted by Crippen LogP contribution is 2.20. The zero-order valence-corrected chi connectivity index (χ0v) is 12.9. The van der Waals surface area contributed by atoms with E-state index >= 15 is 0 Å². The lowest BCUT2D eigenvalue weighted by Crippen LogP contribution is -2.40. The molecular weight excluding hydrogens is 280 g/mol. The maximum atomic E-state index is 11.9. The molecule has 0 fully saturated rings. The number of anilines is 1. The monoisotopic (exact) mass is 302 g/mol. The van der Waals surface area contributed by atoms with Gasteiger partial charge in [-0.05, 0) is 38.1 Å². The second-order valence-electron chi connectivity index (χ2n) is 5.65. The summed E-state index contributed by atoms with van der Waals surface area (Å²) in [6.07, 6.45) is 1.85. The first-order valence-electron chi connectivity index (χ1n) is 7.32. The van der Waals surface area contributed by atoms with E-state index in [9.17, 15) is 9.90 Å². The van der Waals surface area contributed by atoms with E-state index in [4.69, 9.17) is 4.42 Å². The molecule has 1 aromatic heterocycles. The van der Waals surface area contributed by atoms with Crippen molar-refractivity contribution in [3.8, 4) is 0 Å². The standard InChI is InChI=1S/C17H22N2O3/c1-13(11-16(20)19-14-7-4-3-5-8-14)18-12-17(2,21)15-9-6-10-22-15/h3-10,13,18,21H,11-12H2,1-2H3,(H,19,20). The molecule has 118 valence electrons. The zero-order chi connectivity index (χ0) is 16.0. The summed E-state index contributed by atoms with van der Waals surface area (Å²) in [4.78, 5) is 11.9. The fourth-order valence-corrected chi connectivity index (χ4v) is 2.13. The highest BCUT2D eigenvalue weighted by atomic mass is 16.4. The minimum absolute atomic E-state index is 0.0647. The topological polar surface area (TPSA) is 74.5 Å². The molecule has 2 rings (SSSR count). The van der Waals surface area contributed by atoms with Gasteiger partial charge in [-0.2, -0.15) is 0 Å². The van der Waals surface area contributed by atoms with Gasteiger partial charge in [0.25, 0.3) is 0 Å². The lowest BCUT2D eigenvalue weighted by atomic mass is 10.0. The van der Waals surface area contributed by atoms with Gasteiger partial charge in [-0.3, -0.25) is 4.79 Å². The predicted molar refractivity (Wildman–Crippen MR) is 85.4 cm³/mol. The molecule has 0 radical (unpaired) electrons. The number of carbonyl (C=O) groups is 1. The maximum absolute atomic E-state index is 11.9. The number of benzene rings is 1. The van der Waals surface area contributed by atoms with Crippen molar-refractivity contribution in [2.45, 2.75) is 31.9 Å². The van der Waals surface area contributed by atoms with E-state index in [0.29, 0.717) is 18.7 Å². The van der Waals surface area contributed by atoms with E-state index in [1.165, 1.54) is 6.26 Å². The lowest BCUT2D eigenvalue weighted by molar-refractivity contribution is -0.116. The van der Waals surface area contributed by atoms with Crippen LogP contribution < -0.4 is 10.6 Å². The molecule has 2 atom stereocenters. The fraction of sp³-hybridized carbons (Fsp3) is 0.353. The lowest BCUT2D eigenvalue weighted by Gasteiger charge is -2.24. The zero-order valence-electron chi connectivity index (χ0n) is 12.9. The SMILES string of the molecule is CC(CC(=O)Nc1ccccc1)NCC(C)(O)c1ccco1. The van der Waals surface area contributed by atoms with Crippen LogP contribution in [-0.4, -0.2) is 23.6 Å². The summed E-state index contributed by atoms with van der Waals surface area (Å²) in [6, 6.07) is 12.7. The van der Waals surface area contributed by atoms with E-state index in [-0.39, 0.29) is 11.9 Å². The van der Waals surface area contributed by atoms with Crippen molar-refractivity contribution in [3.63, 3.8) is 0 Å². The molecule has 0 bridgehead atoms. The smallest absolute Gasteiger partial charge is 0.225 e. The van der Waals surface area contributed by atoms with E-state index in [1.807, 2.05) is 37.3 Å². The summed E-state index contributed by atoms with van der Waals surface area (Å²) in [5.41, 5.74) is -0.324. The van der Waals surface area contributed by atoms with Crippen molar-refractivity contribution in [2.75, 3.05) is 11.9 Å². The van der Waals surface area contributed by atoms with Gasteiger partial charge in [0.05, 0.1) is 6.26 Å². The first-order chi connectivity index (χ1) is 10.5. The maximum Gasteiger partial charge on any atom is 0.225 e. The Morgan fingerprint density at radius 2 is 2.00 bits per heavy atom. The number of carbonyl (C=O) groups excluding carboxylic acids is 1. The molecule has 1 heterocycles. The van der Waals surface area contributed by atoms with Crippen molar-refractivity contribution in [3.05, 3.63) is 54.5 Å². The van der Waals surface area contributed by atoms with Crippen molar-refractivity contribution in [1.29, 1.82) is 0 Å². The average molecular weight is 302 g/mol. The van der Waals surface area contributed by atoms with Crippen LogP contribution in [0.2, 0.25) is 0 Å². The molecule has 22 heavy (non-hydrogen) atoms. The van der Waals surface area contributed by atoms with E-state index < -0.39 is 5.60 Å². The van der Waals surface area contributed by atoms with Crippen molar-refractivity contribution in [1.82, 2.24) is 5.32 Å². The summed E-state index contributed by atoms with van der Waals surface area (Å²) in [5, 5.41) is 16.3. The molecule has 0 aliphatic carbocycles. The number of nitrogens with one attached hydrogen (secondary N) is 2. The second kappa shape index (κ2) is 7.24. The summed E-state index contributed by atoms with van der Waals surface area (Å²) in [5.74, 6) is 0.435. The molecule has 2 unspecified atom stereocenters. The van der Waals surface area contributed by atoms with Crippen LogP contribution in [0.25, 0.3) is 0 Å². The number of hydrogen-bond acceptors (Lipinski definition) is 4. The number of para-hydroxylation sites is 1. The molecule has 0 spiro atoms. The molecule has 0 saturated heterocycles. The summed E-state index contributed by atoms with van der Waals surface area (Å²) < 4.78 is 5.22. The van der Waals surface area contributed by atoms with Crippen LogP contribution in [0.15, 0.2) is 53.1 Å². The highest BCUT2D eigenvalue weighted by molar-refractivity contribution is 5.90. The van der Waals surface area contributed by atoms with Gasteiger partial charge in [0, 0.05) is 24.7 Å². The average Bonchev–Trinajstić information content (AvgIpc) is 3.01. The van der Waals surface area contributed by atoms with Gasteiger partial charge in [0.2, 0.25) is 5.91 Å². The number of furan rings is 1. The third-order valence-corrected chi connectivity index (χ3v) is 3.40. The fourth-order valence-electron chi connectivity index (χ4n) is 2.13. The molecule has 2 aromatic rings. The van der Waals surface area contributed by atoms with E-state index in [0.717, 1.165) is 5.69 Å². The van der Waals surface area contributed by atoms with Gasteiger partial charge >= 0.3 is 0 Å². The molecule has 5 nitrogen and oxygen atoms in total. The minimum Gasteiger partial charge on any atom is -0.466 e. The van der Waals surface area contributed by atoms with Crippen molar-refractivity contribution >= 4 is 11.6 Å². The summed E-state index contributed by atoms with van der Waals surface area (Å²) >= 11 is 0. The first-order valence-corrected chi connectivity index (χ1v) is 7.32. The molecule has 1 amide bonds. The van der Waals surface area contributed by atoms with Gasteiger partial charge in [-0.1, -0.05) is 18.2 Å². The summed E-state index contributed by atoms with van der Waals surface area (Å²) in [7, 11) is 0. The second-order valence-corrected chi connectivity index (χ2v) is 5.65. The highest BCUT2D eigenvalue weighted by Gasteiger charge is 2.26. The van der Waals surface area contributed by atoms with E-state index in [2.05, 4.69) is 10.6 Å². The van der Waals surface area contributed by atoms with Gasteiger partial charge in [0.1, 0.15) is 11.4 Å². The molecule has 0 saturated carbocycles. The number of aliphatic hydroxyl groups is 1. The van der Waals surface area contributed by atoms with Crippen LogP contribution in [0.4, 0.5) is 5.69 Å². The van der Waals surface area contributed by atoms with Gasteiger partial charge in [-0.25, -0.2) is 0 Å². The van der Waals surface area contributed by atoms with Crippen molar-refractivity contribution in [2.24, 2.45) is 0 Å². The number of hydrogen-bond donors (Lipinski definition) is 3. The Balaban J connectivity index is 1.78. The van der Waals surface area contributed by atoms with Gasteiger partial charge in [0.15, 0.2) is 0 Å². The number of amides is 1. The van der Waals surface area contributed by atoms with Crippen LogP contribution >= 0.6 is 0 Å². The Labute approximate surface area is 130 Å². The van der Waals surface area contributed by atoms with Crippen LogP contribution in [0, 0.1) is 0 Å². The van der Waals surface area contributed by atoms with Gasteiger partial charge < -0.3 is 20.2 Å².